The summed E-state index contributed by atoms with van der Waals surface area (Å²) in [4.78, 5) is 10.8. The SMILES string of the molecule is CCOc1ccc(CNC(CO)C(=O)O)cc1OCC. The number of carbonyl (C=O) groups is 1. The minimum Gasteiger partial charge on any atom is -0.490 e. The van der Waals surface area contributed by atoms with E-state index in [1.54, 1.807) is 12.1 Å². The minimum absolute atomic E-state index is 0.323. The Morgan fingerprint density at radius 2 is 1.90 bits per heavy atom. The molecule has 0 amide bonds. The summed E-state index contributed by atoms with van der Waals surface area (Å²) in [5.41, 5.74) is 0.858. The quantitative estimate of drug-likeness (QED) is 0.627. The number of ether oxygens (including phenoxy) is 2. The summed E-state index contributed by atoms with van der Waals surface area (Å²) in [6.07, 6.45) is 0. The lowest BCUT2D eigenvalue weighted by atomic mass is 10.2. The van der Waals surface area contributed by atoms with Crippen LogP contribution in [-0.2, 0) is 11.3 Å². The van der Waals surface area contributed by atoms with Crippen LogP contribution < -0.4 is 14.8 Å². The maximum Gasteiger partial charge on any atom is 0.323 e. The smallest absolute Gasteiger partial charge is 0.323 e. The van der Waals surface area contributed by atoms with Crippen LogP contribution in [0, 0.1) is 0 Å². The van der Waals surface area contributed by atoms with Gasteiger partial charge in [-0.1, -0.05) is 6.07 Å². The Bertz CT molecular complexity index is 436. The van der Waals surface area contributed by atoms with E-state index in [1.807, 2.05) is 19.9 Å². The summed E-state index contributed by atoms with van der Waals surface area (Å²) < 4.78 is 10.9. The van der Waals surface area contributed by atoms with Gasteiger partial charge in [0.2, 0.25) is 0 Å². The van der Waals surface area contributed by atoms with Gasteiger partial charge in [0.25, 0.3) is 0 Å². The lowest BCUT2D eigenvalue weighted by Gasteiger charge is -2.14. The van der Waals surface area contributed by atoms with E-state index in [9.17, 15) is 4.79 Å². The molecule has 1 rings (SSSR count). The van der Waals surface area contributed by atoms with Gasteiger partial charge in [-0.05, 0) is 31.5 Å². The van der Waals surface area contributed by atoms with Crippen LogP contribution in [0.5, 0.6) is 11.5 Å². The van der Waals surface area contributed by atoms with Gasteiger partial charge in [-0.2, -0.15) is 0 Å². The molecule has 1 unspecified atom stereocenters. The fourth-order valence-corrected chi connectivity index (χ4v) is 1.68. The monoisotopic (exact) mass is 283 g/mol. The van der Waals surface area contributed by atoms with Crippen molar-refractivity contribution in [2.45, 2.75) is 26.4 Å². The molecule has 0 saturated carbocycles. The maximum atomic E-state index is 10.8. The van der Waals surface area contributed by atoms with Crippen LogP contribution in [0.15, 0.2) is 18.2 Å². The molecule has 0 aromatic heterocycles. The largest absolute Gasteiger partial charge is 0.490 e. The third kappa shape index (κ3) is 4.71. The Morgan fingerprint density at radius 1 is 1.25 bits per heavy atom. The van der Waals surface area contributed by atoms with Gasteiger partial charge in [-0.3, -0.25) is 10.1 Å². The minimum atomic E-state index is -1.08. The summed E-state index contributed by atoms with van der Waals surface area (Å²) >= 11 is 0. The highest BCUT2D eigenvalue weighted by Crippen LogP contribution is 2.28. The Hall–Kier alpha value is -1.79. The zero-order valence-corrected chi connectivity index (χ0v) is 11.8. The third-order valence-corrected chi connectivity index (χ3v) is 2.64. The number of hydrogen-bond donors (Lipinski definition) is 3. The summed E-state index contributed by atoms with van der Waals surface area (Å²) in [5, 5.41) is 20.5. The van der Waals surface area contributed by atoms with Gasteiger partial charge in [-0.25, -0.2) is 0 Å². The van der Waals surface area contributed by atoms with Crippen LogP contribution in [0.2, 0.25) is 0 Å². The van der Waals surface area contributed by atoms with Crippen molar-refractivity contribution in [3.05, 3.63) is 23.8 Å². The lowest BCUT2D eigenvalue weighted by molar-refractivity contribution is -0.140. The maximum absolute atomic E-state index is 10.8. The van der Waals surface area contributed by atoms with Crippen LogP contribution in [0.1, 0.15) is 19.4 Å². The first-order valence-corrected chi connectivity index (χ1v) is 6.57. The molecule has 20 heavy (non-hydrogen) atoms. The topological polar surface area (TPSA) is 88.0 Å². The van der Waals surface area contributed by atoms with Crippen LogP contribution in [-0.4, -0.2) is 42.0 Å². The van der Waals surface area contributed by atoms with Gasteiger partial charge < -0.3 is 19.7 Å². The molecule has 6 heteroatoms. The zero-order valence-electron chi connectivity index (χ0n) is 11.8. The number of aliphatic hydroxyl groups is 1. The van der Waals surface area contributed by atoms with E-state index in [0.29, 0.717) is 31.3 Å². The number of aliphatic hydroxyl groups excluding tert-OH is 1. The molecular formula is C14H21NO5. The van der Waals surface area contributed by atoms with E-state index >= 15 is 0 Å². The van der Waals surface area contributed by atoms with Crippen molar-refractivity contribution in [1.29, 1.82) is 0 Å². The Balaban J connectivity index is 2.75. The first kappa shape index (κ1) is 16.3. The van der Waals surface area contributed by atoms with Crippen molar-refractivity contribution in [3.63, 3.8) is 0 Å². The van der Waals surface area contributed by atoms with Gasteiger partial charge in [0, 0.05) is 6.54 Å². The highest BCUT2D eigenvalue weighted by atomic mass is 16.5. The predicted molar refractivity (Wildman–Crippen MR) is 74.1 cm³/mol. The van der Waals surface area contributed by atoms with Crippen LogP contribution in [0.4, 0.5) is 0 Å². The Kier molecular flexibility index (Phi) is 6.83. The van der Waals surface area contributed by atoms with E-state index in [-0.39, 0.29) is 0 Å². The lowest BCUT2D eigenvalue weighted by Crippen LogP contribution is -2.39. The van der Waals surface area contributed by atoms with Gasteiger partial charge >= 0.3 is 5.97 Å². The molecule has 0 saturated heterocycles. The molecule has 0 aliphatic carbocycles. The zero-order chi connectivity index (χ0) is 15.0. The molecule has 0 spiro atoms. The number of carboxylic acid groups (broad SMARTS) is 1. The molecule has 0 bridgehead atoms. The van der Waals surface area contributed by atoms with Crippen LogP contribution in [0.3, 0.4) is 0 Å². The molecule has 0 heterocycles. The number of carboxylic acids is 1. The van der Waals surface area contributed by atoms with Gasteiger partial charge in [-0.15, -0.1) is 0 Å². The average Bonchev–Trinajstić information content (AvgIpc) is 2.42. The van der Waals surface area contributed by atoms with Crippen LogP contribution in [0.25, 0.3) is 0 Å². The number of hydrogen-bond acceptors (Lipinski definition) is 5. The van der Waals surface area contributed by atoms with Crippen molar-refractivity contribution in [2.24, 2.45) is 0 Å². The normalized spacial score (nSPS) is 11.9. The second kappa shape index (κ2) is 8.39. The third-order valence-electron chi connectivity index (χ3n) is 2.64. The molecule has 1 aromatic rings. The van der Waals surface area contributed by atoms with E-state index in [2.05, 4.69) is 5.32 Å². The molecule has 0 radical (unpaired) electrons. The standard InChI is InChI=1S/C14H21NO5/c1-3-19-12-6-5-10(7-13(12)20-4-2)8-15-11(9-16)14(17)18/h5-7,11,15-16H,3-4,8-9H2,1-2H3,(H,17,18). The Labute approximate surface area is 118 Å². The van der Waals surface area contributed by atoms with E-state index in [0.717, 1.165) is 5.56 Å². The predicted octanol–water partition coefficient (Wildman–Crippen LogP) is 1.02. The van der Waals surface area contributed by atoms with Crippen molar-refractivity contribution >= 4 is 5.97 Å². The summed E-state index contributed by atoms with van der Waals surface area (Å²) in [6.45, 7) is 4.71. The highest BCUT2D eigenvalue weighted by molar-refractivity contribution is 5.73. The fraction of sp³-hybridized carbons (Fsp3) is 0.500. The summed E-state index contributed by atoms with van der Waals surface area (Å²) in [7, 11) is 0. The van der Waals surface area contributed by atoms with Gasteiger partial charge in [0.1, 0.15) is 6.04 Å². The van der Waals surface area contributed by atoms with E-state index < -0.39 is 18.6 Å². The number of aliphatic carboxylic acids is 1. The van der Waals surface area contributed by atoms with Gasteiger partial charge in [0.05, 0.1) is 19.8 Å². The van der Waals surface area contributed by atoms with Crippen molar-refractivity contribution in [3.8, 4) is 11.5 Å². The molecule has 1 atom stereocenters. The summed E-state index contributed by atoms with van der Waals surface area (Å²) in [6, 6.07) is 4.45. The number of benzene rings is 1. The summed E-state index contributed by atoms with van der Waals surface area (Å²) in [5.74, 6) is 0.211. The van der Waals surface area contributed by atoms with Crippen molar-refractivity contribution in [2.75, 3.05) is 19.8 Å². The molecule has 0 aliphatic rings. The molecule has 3 N–H and O–H groups in total. The van der Waals surface area contributed by atoms with E-state index in [1.165, 1.54) is 0 Å². The molecule has 0 aliphatic heterocycles. The molecule has 0 fully saturated rings. The molecule has 112 valence electrons. The molecule has 6 nitrogen and oxygen atoms in total. The first-order chi connectivity index (χ1) is 9.62. The fourth-order valence-electron chi connectivity index (χ4n) is 1.68. The molecular weight excluding hydrogens is 262 g/mol. The van der Waals surface area contributed by atoms with Gasteiger partial charge in [0.15, 0.2) is 11.5 Å². The highest BCUT2D eigenvalue weighted by Gasteiger charge is 2.15. The van der Waals surface area contributed by atoms with Crippen LogP contribution >= 0.6 is 0 Å². The Morgan fingerprint density at radius 3 is 2.45 bits per heavy atom. The number of nitrogens with one attached hydrogen (secondary N) is 1. The average molecular weight is 283 g/mol. The number of rotatable bonds is 9. The second-order valence-corrected chi connectivity index (χ2v) is 4.10. The second-order valence-electron chi connectivity index (χ2n) is 4.10. The van der Waals surface area contributed by atoms with E-state index in [4.69, 9.17) is 19.7 Å². The molecule has 1 aromatic carbocycles. The van der Waals surface area contributed by atoms with Crippen molar-refractivity contribution < 1.29 is 24.5 Å². The first-order valence-electron chi connectivity index (χ1n) is 6.57. The van der Waals surface area contributed by atoms with Crippen molar-refractivity contribution in [1.82, 2.24) is 5.32 Å².